The molecule has 2 aromatic rings. The number of aromatic nitrogens is 2. The topological polar surface area (TPSA) is 39.1 Å². The highest BCUT2D eigenvalue weighted by Gasteiger charge is 2.10. The minimum atomic E-state index is -0.271. The van der Waals surface area contributed by atoms with E-state index in [0.717, 1.165) is 17.6 Å². The van der Waals surface area contributed by atoms with Gasteiger partial charge in [-0.2, -0.15) is 0 Å². The Balaban J connectivity index is 2.57. The normalized spacial score (nSPS) is 10.9. The molecule has 0 atom stereocenters. The van der Waals surface area contributed by atoms with E-state index in [9.17, 15) is 4.39 Å². The first kappa shape index (κ1) is 10.9. The predicted molar refractivity (Wildman–Crippen MR) is 60.9 cm³/mol. The van der Waals surface area contributed by atoms with Gasteiger partial charge in [0, 0.05) is 13.7 Å². The molecule has 0 spiro atoms. The maximum absolute atomic E-state index is 13.1. The molecule has 0 radical (unpaired) electrons. The van der Waals surface area contributed by atoms with Crippen LogP contribution >= 0.6 is 0 Å². The molecule has 16 heavy (non-hydrogen) atoms. The Morgan fingerprint density at radius 2 is 2.31 bits per heavy atom. The quantitative estimate of drug-likeness (QED) is 0.863. The highest BCUT2D eigenvalue weighted by molar-refractivity contribution is 5.78. The lowest BCUT2D eigenvalue weighted by Gasteiger charge is -2.07. The summed E-state index contributed by atoms with van der Waals surface area (Å²) in [7, 11) is 1.60. The van der Waals surface area contributed by atoms with Gasteiger partial charge in [0.25, 0.3) is 0 Å². The van der Waals surface area contributed by atoms with Crippen LogP contribution in [0, 0.1) is 5.82 Å². The third-order valence-electron chi connectivity index (χ3n) is 2.30. The summed E-state index contributed by atoms with van der Waals surface area (Å²) in [5, 5.41) is 3.12. The van der Waals surface area contributed by atoms with E-state index in [1.807, 2.05) is 11.5 Å². The largest absolute Gasteiger partial charge is 0.364 e. The maximum atomic E-state index is 13.1. The molecule has 0 aliphatic carbocycles. The average molecular weight is 223 g/mol. The Kier molecular flexibility index (Phi) is 3.05. The summed E-state index contributed by atoms with van der Waals surface area (Å²) < 4.78 is 20.0. The van der Waals surface area contributed by atoms with Gasteiger partial charge >= 0.3 is 0 Å². The molecule has 0 saturated carbocycles. The number of imidazole rings is 1. The number of rotatable bonds is 4. The van der Waals surface area contributed by atoms with E-state index >= 15 is 0 Å². The summed E-state index contributed by atoms with van der Waals surface area (Å²) in [6.07, 6.45) is 0. The van der Waals surface area contributed by atoms with Crippen LogP contribution in [0.2, 0.25) is 0 Å². The summed E-state index contributed by atoms with van der Waals surface area (Å²) in [5.74, 6) is 0.428. The van der Waals surface area contributed by atoms with Crippen LogP contribution < -0.4 is 5.32 Å². The van der Waals surface area contributed by atoms with Gasteiger partial charge in [-0.3, -0.25) is 4.57 Å². The van der Waals surface area contributed by atoms with Crippen molar-refractivity contribution in [3.8, 4) is 0 Å². The van der Waals surface area contributed by atoms with Crippen LogP contribution in [0.4, 0.5) is 10.3 Å². The molecule has 0 fully saturated rings. The minimum Gasteiger partial charge on any atom is -0.364 e. The van der Waals surface area contributed by atoms with Gasteiger partial charge in [0.05, 0.1) is 11.0 Å². The Hall–Kier alpha value is -1.62. The highest BCUT2D eigenvalue weighted by Crippen LogP contribution is 2.20. The van der Waals surface area contributed by atoms with E-state index in [1.54, 1.807) is 13.2 Å². The first-order chi connectivity index (χ1) is 7.76. The van der Waals surface area contributed by atoms with Gasteiger partial charge in [-0.15, -0.1) is 0 Å². The number of benzene rings is 1. The second-order valence-corrected chi connectivity index (χ2v) is 3.44. The summed E-state index contributed by atoms with van der Waals surface area (Å²) in [6.45, 7) is 3.09. The third-order valence-corrected chi connectivity index (χ3v) is 2.30. The number of anilines is 1. The molecule has 0 amide bonds. The Bertz CT molecular complexity index is 495. The van der Waals surface area contributed by atoms with Crippen LogP contribution in [0.3, 0.4) is 0 Å². The van der Waals surface area contributed by atoms with Crippen molar-refractivity contribution in [2.75, 3.05) is 19.0 Å². The van der Waals surface area contributed by atoms with Crippen LogP contribution in [0.5, 0.6) is 0 Å². The van der Waals surface area contributed by atoms with Crippen LogP contribution in [0.25, 0.3) is 11.0 Å². The zero-order valence-corrected chi connectivity index (χ0v) is 9.33. The third kappa shape index (κ3) is 1.86. The van der Waals surface area contributed by atoms with Gasteiger partial charge < -0.3 is 10.1 Å². The molecular weight excluding hydrogens is 209 g/mol. The van der Waals surface area contributed by atoms with Crippen molar-refractivity contribution in [1.82, 2.24) is 9.55 Å². The van der Waals surface area contributed by atoms with E-state index in [4.69, 9.17) is 4.74 Å². The predicted octanol–water partition coefficient (Wildman–Crippen LogP) is 2.21. The fourth-order valence-electron chi connectivity index (χ4n) is 1.65. The summed E-state index contributed by atoms with van der Waals surface area (Å²) in [4.78, 5) is 4.37. The first-order valence-electron chi connectivity index (χ1n) is 5.15. The summed E-state index contributed by atoms with van der Waals surface area (Å²) in [6, 6.07) is 4.53. The zero-order chi connectivity index (χ0) is 11.5. The number of hydrogen-bond acceptors (Lipinski definition) is 3. The second kappa shape index (κ2) is 4.49. The molecule has 4 nitrogen and oxygen atoms in total. The molecule has 1 N–H and O–H groups in total. The fourth-order valence-corrected chi connectivity index (χ4v) is 1.65. The van der Waals surface area contributed by atoms with Crippen LogP contribution in [0.1, 0.15) is 6.92 Å². The minimum absolute atomic E-state index is 0.271. The molecule has 1 aromatic heterocycles. The lowest BCUT2D eigenvalue weighted by Crippen LogP contribution is -2.08. The Morgan fingerprint density at radius 3 is 3.00 bits per heavy atom. The molecule has 0 bridgehead atoms. The van der Waals surface area contributed by atoms with Gasteiger partial charge in [0.15, 0.2) is 0 Å². The molecule has 1 heterocycles. The van der Waals surface area contributed by atoms with E-state index in [1.165, 1.54) is 12.1 Å². The van der Waals surface area contributed by atoms with E-state index in [-0.39, 0.29) is 5.82 Å². The molecule has 2 rings (SSSR count). The first-order valence-corrected chi connectivity index (χ1v) is 5.15. The molecule has 0 aliphatic rings. The van der Waals surface area contributed by atoms with Crippen molar-refractivity contribution < 1.29 is 9.13 Å². The van der Waals surface area contributed by atoms with Crippen molar-refractivity contribution in [2.24, 2.45) is 0 Å². The molecule has 5 heteroatoms. The van der Waals surface area contributed by atoms with E-state index in [0.29, 0.717) is 12.7 Å². The number of hydrogen-bond donors (Lipinski definition) is 1. The lowest BCUT2D eigenvalue weighted by atomic mass is 10.3. The summed E-state index contributed by atoms with van der Waals surface area (Å²) >= 11 is 0. The maximum Gasteiger partial charge on any atom is 0.205 e. The van der Waals surface area contributed by atoms with Crippen molar-refractivity contribution in [1.29, 1.82) is 0 Å². The fraction of sp³-hybridized carbons (Fsp3) is 0.364. The van der Waals surface area contributed by atoms with E-state index in [2.05, 4.69) is 10.3 Å². The standard InChI is InChI=1S/C11H14FN3O/c1-3-13-11-14-9-5-4-8(12)6-10(9)15(11)7-16-2/h4-6H,3,7H2,1-2H3,(H,13,14). The molecule has 0 saturated heterocycles. The van der Waals surface area contributed by atoms with Crippen LogP contribution in [-0.2, 0) is 11.5 Å². The molecule has 86 valence electrons. The van der Waals surface area contributed by atoms with Crippen molar-refractivity contribution in [3.05, 3.63) is 24.0 Å². The number of nitrogens with one attached hydrogen (secondary N) is 1. The van der Waals surface area contributed by atoms with Gasteiger partial charge in [0.2, 0.25) is 5.95 Å². The Labute approximate surface area is 93.0 Å². The lowest BCUT2D eigenvalue weighted by molar-refractivity contribution is 0.136. The van der Waals surface area contributed by atoms with Gasteiger partial charge in [-0.1, -0.05) is 0 Å². The van der Waals surface area contributed by atoms with E-state index < -0.39 is 0 Å². The summed E-state index contributed by atoms with van der Waals surface area (Å²) in [5.41, 5.74) is 1.49. The van der Waals surface area contributed by atoms with Gasteiger partial charge in [-0.25, -0.2) is 9.37 Å². The van der Waals surface area contributed by atoms with Crippen molar-refractivity contribution in [3.63, 3.8) is 0 Å². The number of nitrogens with zero attached hydrogens (tertiary/aromatic N) is 2. The smallest absolute Gasteiger partial charge is 0.205 e. The number of ether oxygens (including phenoxy) is 1. The molecule has 0 unspecified atom stereocenters. The number of fused-ring (bicyclic) bond motifs is 1. The van der Waals surface area contributed by atoms with Crippen LogP contribution in [-0.4, -0.2) is 23.2 Å². The van der Waals surface area contributed by atoms with Crippen molar-refractivity contribution in [2.45, 2.75) is 13.7 Å². The molecular formula is C11H14FN3O. The molecule has 1 aromatic carbocycles. The molecule has 0 aliphatic heterocycles. The highest BCUT2D eigenvalue weighted by atomic mass is 19.1. The second-order valence-electron chi connectivity index (χ2n) is 3.44. The van der Waals surface area contributed by atoms with Crippen LogP contribution in [0.15, 0.2) is 18.2 Å². The number of halogens is 1. The van der Waals surface area contributed by atoms with Gasteiger partial charge in [0.1, 0.15) is 12.5 Å². The SMILES string of the molecule is CCNc1nc2ccc(F)cc2n1COC. The average Bonchev–Trinajstić information content (AvgIpc) is 2.58. The Morgan fingerprint density at radius 1 is 1.50 bits per heavy atom. The number of methoxy groups -OCH3 is 1. The van der Waals surface area contributed by atoms with Crippen molar-refractivity contribution >= 4 is 17.0 Å². The van der Waals surface area contributed by atoms with Gasteiger partial charge in [-0.05, 0) is 25.1 Å². The zero-order valence-electron chi connectivity index (χ0n) is 9.33. The monoisotopic (exact) mass is 223 g/mol.